The quantitative estimate of drug-likeness (QED) is 0.400. The molecular formula is C12H19Cl2IN2O2. The highest BCUT2D eigenvalue weighted by Gasteiger charge is 2.52. The first-order chi connectivity index (χ1) is 8.59. The average molecular weight is 421 g/mol. The zero-order valence-electron chi connectivity index (χ0n) is 10.7. The Kier molecular flexibility index (Phi) is 6.99. The Hall–Kier alpha value is 0.570. The molecule has 0 amide bonds. The van der Waals surface area contributed by atoms with E-state index in [0.29, 0.717) is 6.42 Å². The molecule has 2 fully saturated rings. The van der Waals surface area contributed by atoms with E-state index in [2.05, 4.69) is 5.01 Å². The van der Waals surface area contributed by atoms with Crippen molar-refractivity contribution < 1.29 is 9.59 Å². The predicted octanol–water partition coefficient (Wildman–Crippen LogP) is 2.76. The number of carbonyl (C=O) groups excluding carboxylic acids is 2. The molecule has 0 spiro atoms. The van der Waals surface area contributed by atoms with Gasteiger partial charge in [0.2, 0.25) is 3.79 Å². The summed E-state index contributed by atoms with van der Waals surface area (Å²) in [7, 11) is 0. The summed E-state index contributed by atoms with van der Waals surface area (Å²) in [6, 6.07) is 0. The number of hydrogen-bond acceptors (Lipinski definition) is 4. The lowest BCUT2D eigenvalue weighted by atomic mass is 9.90. The molecule has 2 aliphatic rings. The lowest BCUT2D eigenvalue weighted by molar-refractivity contribution is -0.162. The summed E-state index contributed by atoms with van der Waals surface area (Å²) < 4.78 is -0.148. The second-order valence-electron chi connectivity index (χ2n) is 5.00. The predicted molar refractivity (Wildman–Crippen MR) is 85.8 cm³/mol. The van der Waals surface area contributed by atoms with E-state index in [1.165, 1.54) is 6.42 Å². The van der Waals surface area contributed by atoms with Crippen LogP contribution in [0.5, 0.6) is 0 Å². The summed E-state index contributed by atoms with van der Waals surface area (Å²) >= 11 is 7.52. The van der Waals surface area contributed by atoms with Gasteiger partial charge in [0, 0.05) is 42.2 Å². The van der Waals surface area contributed by atoms with Crippen LogP contribution < -0.4 is 0 Å². The standard InChI is InChI=1S/C12H18ClIN2O2.ClH/c13-10(17)12(11(14)18)6-2-5-9-16(12)15-7-3-1-4-8-15;/h1-9H2;1H. The average Bonchev–Trinajstić information content (AvgIpc) is 2.39. The Balaban J connectivity index is 0.00000180. The van der Waals surface area contributed by atoms with Gasteiger partial charge in [0.15, 0.2) is 5.54 Å². The number of halogens is 3. The zero-order chi connectivity index (χ0) is 13.2. The smallest absolute Gasteiger partial charge is 0.251 e. The fourth-order valence-electron chi connectivity index (χ4n) is 2.94. The molecule has 0 bridgehead atoms. The molecule has 0 aromatic carbocycles. The molecular weight excluding hydrogens is 402 g/mol. The van der Waals surface area contributed by atoms with Crippen molar-refractivity contribution in [3.63, 3.8) is 0 Å². The van der Waals surface area contributed by atoms with Crippen molar-refractivity contribution in [3.05, 3.63) is 0 Å². The number of rotatable bonds is 3. The van der Waals surface area contributed by atoms with Gasteiger partial charge >= 0.3 is 0 Å². The van der Waals surface area contributed by atoms with Gasteiger partial charge in [-0.2, -0.15) is 0 Å². The van der Waals surface area contributed by atoms with Crippen molar-refractivity contribution in [1.82, 2.24) is 10.0 Å². The minimum absolute atomic E-state index is 0. The van der Waals surface area contributed by atoms with Crippen LogP contribution in [-0.4, -0.2) is 44.2 Å². The third-order valence-electron chi connectivity index (χ3n) is 3.92. The molecule has 0 N–H and O–H groups in total. The Labute approximate surface area is 138 Å². The van der Waals surface area contributed by atoms with Crippen LogP contribution in [0.15, 0.2) is 0 Å². The van der Waals surface area contributed by atoms with Crippen molar-refractivity contribution >= 4 is 55.6 Å². The molecule has 2 rings (SSSR count). The van der Waals surface area contributed by atoms with E-state index in [4.69, 9.17) is 11.6 Å². The van der Waals surface area contributed by atoms with Gasteiger partial charge < -0.3 is 0 Å². The molecule has 0 saturated carbocycles. The summed E-state index contributed by atoms with van der Waals surface area (Å²) in [6.07, 6.45) is 5.93. The van der Waals surface area contributed by atoms with E-state index < -0.39 is 10.8 Å². The van der Waals surface area contributed by atoms with Crippen LogP contribution >= 0.6 is 46.6 Å². The maximum atomic E-state index is 12.0. The number of hydrazine groups is 1. The van der Waals surface area contributed by atoms with Gasteiger partial charge in [-0.15, -0.1) is 12.4 Å². The van der Waals surface area contributed by atoms with Crippen molar-refractivity contribution in [1.29, 1.82) is 0 Å². The van der Waals surface area contributed by atoms with E-state index in [1.54, 1.807) is 22.6 Å². The molecule has 0 aromatic rings. The van der Waals surface area contributed by atoms with E-state index in [1.807, 2.05) is 5.01 Å². The second kappa shape index (κ2) is 7.54. The summed E-state index contributed by atoms with van der Waals surface area (Å²) in [5.74, 6) is 0. The van der Waals surface area contributed by atoms with Crippen LogP contribution in [0, 0.1) is 0 Å². The van der Waals surface area contributed by atoms with Crippen LogP contribution in [0.3, 0.4) is 0 Å². The highest BCUT2D eigenvalue weighted by Crippen LogP contribution is 2.35. The maximum absolute atomic E-state index is 12.0. The first-order valence-corrected chi connectivity index (χ1v) is 7.97. The normalized spacial score (nSPS) is 29.6. The minimum atomic E-state index is -1.11. The molecule has 2 saturated heterocycles. The first-order valence-electron chi connectivity index (χ1n) is 6.51. The molecule has 4 nitrogen and oxygen atoms in total. The van der Waals surface area contributed by atoms with Crippen LogP contribution in [0.2, 0.25) is 0 Å². The van der Waals surface area contributed by atoms with Gasteiger partial charge in [-0.25, -0.2) is 10.0 Å². The monoisotopic (exact) mass is 420 g/mol. The van der Waals surface area contributed by atoms with Gasteiger partial charge in [0.1, 0.15) is 0 Å². The Morgan fingerprint density at radius 2 is 1.58 bits per heavy atom. The van der Waals surface area contributed by atoms with Crippen LogP contribution in [-0.2, 0) is 9.59 Å². The summed E-state index contributed by atoms with van der Waals surface area (Å²) in [5.41, 5.74) is -1.11. The molecule has 0 aromatic heterocycles. The van der Waals surface area contributed by atoms with E-state index >= 15 is 0 Å². The molecule has 7 heteroatoms. The molecule has 1 atom stereocenters. The number of nitrogens with zero attached hydrogens (tertiary/aromatic N) is 2. The fraction of sp³-hybridized carbons (Fsp3) is 0.833. The van der Waals surface area contributed by atoms with Crippen molar-refractivity contribution in [2.24, 2.45) is 0 Å². The van der Waals surface area contributed by atoms with E-state index in [0.717, 1.165) is 45.3 Å². The van der Waals surface area contributed by atoms with Crippen molar-refractivity contribution in [3.8, 4) is 0 Å². The Morgan fingerprint density at radius 3 is 2.11 bits per heavy atom. The van der Waals surface area contributed by atoms with E-state index in [9.17, 15) is 9.59 Å². The summed E-state index contributed by atoms with van der Waals surface area (Å²) in [4.78, 5) is 23.9. The molecule has 0 aliphatic carbocycles. The first kappa shape index (κ1) is 17.6. The summed E-state index contributed by atoms with van der Waals surface area (Å²) in [5, 5.41) is 3.60. The van der Waals surface area contributed by atoms with Crippen LogP contribution in [0.25, 0.3) is 0 Å². The summed E-state index contributed by atoms with van der Waals surface area (Å²) in [6.45, 7) is 2.61. The van der Waals surface area contributed by atoms with Crippen LogP contribution in [0.1, 0.15) is 38.5 Å². The SMILES string of the molecule is Cl.O=C(Cl)C1(C(=O)I)CCCCN1N1CCCCC1. The van der Waals surface area contributed by atoms with Crippen molar-refractivity contribution in [2.45, 2.75) is 44.1 Å². The van der Waals surface area contributed by atoms with Gasteiger partial charge in [-0.05, 0) is 43.7 Å². The molecule has 110 valence electrons. The Bertz CT molecular complexity index is 335. The second-order valence-corrected chi connectivity index (χ2v) is 6.33. The maximum Gasteiger partial charge on any atom is 0.251 e. The van der Waals surface area contributed by atoms with E-state index in [-0.39, 0.29) is 16.2 Å². The third-order valence-corrected chi connectivity index (χ3v) is 5.13. The molecule has 0 radical (unpaired) electrons. The largest absolute Gasteiger partial charge is 0.285 e. The number of hydrogen-bond donors (Lipinski definition) is 0. The fourth-order valence-corrected chi connectivity index (χ4v) is 4.17. The van der Waals surface area contributed by atoms with Gasteiger partial charge in [-0.1, -0.05) is 6.42 Å². The lowest BCUT2D eigenvalue weighted by Gasteiger charge is -2.49. The topological polar surface area (TPSA) is 40.6 Å². The zero-order valence-corrected chi connectivity index (χ0v) is 14.5. The van der Waals surface area contributed by atoms with Crippen LogP contribution in [0.4, 0.5) is 0 Å². The highest BCUT2D eigenvalue weighted by atomic mass is 127. The third kappa shape index (κ3) is 3.43. The molecule has 19 heavy (non-hydrogen) atoms. The van der Waals surface area contributed by atoms with Gasteiger partial charge in [-0.3, -0.25) is 9.59 Å². The Morgan fingerprint density at radius 1 is 1.00 bits per heavy atom. The highest BCUT2D eigenvalue weighted by molar-refractivity contribution is 14.1. The van der Waals surface area contributed by atoms with Crippen molar-refractivity contribution in [2.75, 3.05) is 19.6 Å². The number of carbonyl (C=O) groups is 2. The molecule has 1 unspecified atom stereocenters. The lowest BCUT2D eigenvalue weighted by Crippen LogP contribution is -2.66. The van der Waals surface area contributed by atoms with Gasteiger partial charge in [0.05, 0.1) is 0 Å². The molecule has 2 heterocycles. The minimum Gasteiger partial charge on any atom is -0.285 e. The van der Waals surface area contributed by atoms with Gasteiger partial charge in [0.25, 0.3) is 5.24 Å². The molecule has 2 aliphatic heterocycles. The number of piperidine rings is 2.